The molecule has 0 aliphatic carbocycles. The molecule has 110 valence electrons. The van der Waals surface area contributed by atoms with Crippen LogP contribution < -0.4 is 11.1 Å². The number of anilines is 2. The second kappa shape index (κ2) is 5.75. The quantitative estimate of drug-likeness (QED) is 0.739. The van der Waals surface area contributed by atoms with Gasteiger partial charge in [-0.1, -0.05) is 0 Å². The van der Waals surface area contributed by atoms with Crippen molar-refractivity contribution in [3.63, 3.8) is 0 Å². The Morgan fingerprint density at radius 2 is 2.10 bits per heavy atom. The van der Waals surface area contributed by atoms with E-state index >= 15 is 0 Å². The Kier molecular flexibility index (Phi) is 3.97. The number of nitrogens with two attached hydrogens (primary N) is 1. The summed E-state index contributed by atoms with van der Waals surface area (Å²) in [5.41, 5.74) is 9.30. The molecule has 0 spiro atoms. The van der Waals surface area contributed by atoms with Crippen molar-refractivity contribution in [3.05, 3.63) is 32.5 Å². The summed E-state index contributed by atoms with van der Waals surface area (Å²) in [6.45, 7) is 7.07. The Labute approximate surface area is 135 Å². The summed E-state index contributed by atoms with van der Waals surface area (Å²) >= 11 is 4.82. The maximum atomic E-state index is 6.01. The first kappa shape index (κ1) is 14.5. The number of thiazole rings is 1. The lowest BCUT2D eigenvalue weighted by atomic mass is 10.3. The molecule has 0 fully saturated rings. The molecule has 3 N–H and O–H groups in total. The molecule has 0 saturated carbocycles. The topological polar surface area (TPSA) is 63.8 Å². The third-order valence-corrected chi connectivity index (χ3v) is 6.14. The largest absolute Gasteiger partial charge is 0.382 e. The van der Waals surface area contributed by atoms with Gasteiger partial charge in [0.1, 0.15) is 15.8 Å². The van der Waals surface area contributed by atoms with Gasteiger partial charge in [0.25, 0.3) is 0 Å². The molecule has 3 rings (SSSR count). The van der Waals surface area contributed by atoms with Crippen molar-refractivity contribution in [2.24, 2.45) is 0 Å². The van der Waals surface area contributed by atoms with E-state index in [9.17, 15) is 0 Å². The Balaban J connectivity index is 1.83. The zero-order chi connectivity index (χ0) is 15.0. The smallest absolute Gasteiger partial charge is 0.149 e. The molecule has 4 nitrogen and oxygen atoms in total. The molecule has 0 atom stereocenters. The SMILES string of the molecule is Cc1csc(-c2c(N)nsc2NCc2cc(C)c(C)s2)n1. The zero-order valence-electron chi connectivity index (χ0n) is 12.1. The maximum absolute atomic E-state index is 6.01. The fraction of sp³-hybridized carbons (Fsp3) is 0.286. The zero-order valence-corrected chi connectivity index (χ0v) is 14.5. The van der Waals surface area contributed by atoms with Crippen LogP contribution in [0, 0.1) is 20.8 Å². The Morgan fingerprint density at radius 1 is 1.29 bits per heavy atom. The number of aromatic nitrogens is 2. The van der Waals surface area contributed by atoms with Crippen LogP contribution in [0.5, 0.6) is 0 Å². The number of hydrogen-bond acceptors (Lipinski definition) is 7. The van der Waals surface area contributed by atoms with Crippen LogP contribution in [0.25, 0.3) is 10.6 Å². The van der Waals surface area contributed by atoms with Crippen molar-refractivity contribution in [1.82, 2.24) is 9.36 Å². The van der Waals surface area contributed by atoms with Crippen LogP contribution in [-0.2, 0) is 6.54 Å². The molecule has 0 saturated heterocycles. The number of thiophene rings is 1. The van der Waals surface area contributed by atoms with Crippen LogP contribution in [0.15, 0.2) is 11.4 Å². The van der Waals surface area contributed by atoms with Gasteiger partial charge in [-0.2, -0.15) is 4.37 Å². The number of rotatable bonds is 4. The first-order chi connectivity index (χ1) is 10.0. The van der Waals surface area contributed by atoms with Gasteiger partial charge < -0.3 is 11.1 Å². The fourth-order valence-corrected chi connectivity index (χ4v) is 4.63. The minimum absolute atomic E-state index is 0.551. The summed E-state index contributed by atoms with van der Waals surface area (Å²) in [6.07, 6.45) is 0. The normalized spacial score (nSPS) is 11.0. The van der Waals surface area contributed by atoms with E-state index in [0.717, 1.165) is 27.8 Å². The molecule has 3 aromatic rings. The van der Waals surface area contributed by atoms with Gasteiger partial charge >= 0.3 is 0 Å². The van der Waals surface area contributed by atoms with Crippen molar-refractivity contribution in [2.45, 2.75) is 27.3 Å². The molecular formula is C14H16N4S3. The van der Waals surface area contributed by atoms with Crippen LogP contribution in [-0.4, -0.2) is 9.36 Å². The van der Waals surface area contributed by atoms with E-state index in [4.69, 9.17) is 5.73 Å². The molecule has 3 heterocycles. The molecule has 0 aliphatic heterocycles. The van der Waals surface area contributed by atoms with Gasteiger partial charge in [0, 0.05) is 20.8 Å². The van der Waals surface area contributed by atoms with Gasteiger partial charge in [-0.05, 0) is 43.9 Å². The average Bonchev–Trinajstić information content (AvgIpc) is 3.09. The highest BCUT2D eigenvalue weighted by molar-refractivity contribution is 7.15. The van der Waals surface area contributed by atoms with Crippen molar-refractivity contribution >= 4 is 45.0 Å². The summed E-state index contributed by atoms with van der Waals surface area (Å²) in [7, 11) is 0. The minimum atomic E-state index is 0.551. The van der Waals surface area contributed by atoms with Crippen LogP contribution >= 0.6 is 34.2 Å². The average molecular weight is 337 g/mol. The molecule has 3 aromatic heterocycles. The van der Waals surface area contributed by atoms with Crippen LogP contribution in [0.1, 0.15) is 21.0 Å². The Bertz CT molecular complexity index is 750. The molecule has 7 heteroatoms. The van der Waals surface area contributed by atoms with Crippen molar-refractivity contribution in [3.8, 4) is 10.6 Å². The van der Waals surface area contributed by atoms with E-state index in [1.54, 1.807) is 11.3 Å². The van der Waals surface area contributed by atoms with Gasteiger partial charge in [0.15, 0.2) is 0 Å². The lowest BCUT2D eigenvalue weighted by Crippen LogP contribution is -1.97. The van der Waals surface area contributed by atoms with Crippen molar-refractivity contribution in [1.29, 1.82) is 0 Å². The molecule has 0 radical (unpaired) electrons. The number of nitrogen functional groups attached to an aromatic ring is 1. The molecule has 0 amide bonds. The monoisotopic (exact) mass is 336 g/mol. The van der Waals surface area contributed by atoms with Crippen LogP contribution in [0.4, 0.5) is 10.8 Å². The second-order valence-electron chi connectivity index (χ2n) is 4.87. The highest BCUT2D eigenvalue weighted by Crippen LogP contribution is 2.38. The van der Waals surface area contributed by atoms with E-state index in [2.05, 4.69) is 34.6 Å². The highest BCUT2D eigenvalue weighted by atomic mass is 32.1. The lowest BCUT2D eigenvalue weighted by Gasteiger charge is -2.03. The predicted molar refractivity (Wildman–Crippen MR) is 93.5 cm³/mol. The first-order valence-corrected chi connectivity index (χ1v) is 8.99. The molecule has 0 unspecified atom stereocenters. The van der Waals surface area contributed by atoms with Gasteiger partial charge in [0.2, 0.25) is 0 Å². The Morgan fingerprint density at radius 3 is 2.71 bits per heavy atom. The first-order valence-electron chi connectivity index (χ1n) is 6.52. The summed E-state index contributed by atoms with van der Waals surface area (Å²) in [6, 6.07) is 2.23. The van der Waals surface area contributed by atoms with E-state index in [1.807, 2.05) is 23.6 Å². The number of nitrogens with one attached hydrogen (secondary N) is 1. The van der Waals surface area contributed by atoms with Crippen molar-refractivity contribution < 1.29 is 0 Å². The molecule has 0 bridgehead atoms. The van der Waals surface area contributed by atoms with Gasteiger partial charge in [-0.15, -0.1) is 22.7 Å². The van der Waals surface area contributed by atoms with Crippen molar-refractivity contribution in [2.75, 3.05) is 11.1 Å². The number of nitrogens with zero attached hydrogens (tertiary/aromatic N) is 2. The predicted octanol–water partition coefficient (Wildman–Crippen LogP) is 4.45. The van der Waals surface area contributed by atoms with E-state index < -0.39 is 0 Å². The standard InChI is InChI=1S/C14H16N4S3/c1-7-4-10(20-9(7)3)5-16-13-11(12(15)18-21-13)14-17-8(2)6-19-14/h4,6,16H,5H2,1-3H3,(H2,15,18). The Hall–Kier alpha value is -1.44. The summed E-state index contributed by atoms with van der Waals surface area (Å²) in [5, 5.41) is 7.40. The lowest BCUT2D eigenvalue weighted by molar-refractivity contribution is 1.20. The van der Waals surface area contributed by atoms with Crippen LogP contribution in [0.2, 0.25) is 0 Å². The third-order valence-electron chi connectivity index (χ3n) is 3.19. The van der Waals surface area contributed by atoms with E-state index in [1.165, 1.54) is 26.9 Å². The van der Waals surface area contributed by atoms with E-state index in [0.29, 0.717) is 5.82 Å². The summed E-state index contributed by atoms with van der Waals surface area (Å²) < 4.78 is 4.26. The molecule has 0 aliphatic rings. The molecular weight excluding hydrogens is 320 g/mol. The molecule has 21 heavy (non-hydrogen) atoms. The van der Waals surface area contributed by atoms with Gasteiger partial charge in [-0.25, -0.2) is 4.98 Å². The minimum Gasteiger partial charge on any atom is -0.382 e. The van der Waals surface area contributed by atoms with Gasteiger partial charge in [-0.3, -0.25) is 0 Å². The number of hydrogen-bond donors (Lipinski definition) is 2. The summed E-state index contributed by atoms with van der Waals surface area (Å²) in [5.74, 6) is 0.551. The van der Waals surface area contributed by atoms with E-state index in [-0.39, 0.29) is 0 Å². The van der Waals surface area contributed by atoms with Crippen LogP contribution in [0.3, 0.4) is 0 Å². The third kappa shape index (κ3) is 2.95. The van der Waals surface area contributed by atoms with Gasteiger partial charge in [0.05, 0.1) is 12.1 Å². The summed E-state index contributed by atoms with van der Waals surface area (Å²) in [4.78, 5) is 7.20. The fourth-order valence-electron chi connectivity index (χ4n) is 2.00. The maximum Gasteiger partial charge on any atom is 0.149 e. The highest BCUT2D eigenvalue weighted by Gasteiger charge is 2.16. The second-order valence-corrected chi connectivity index (χ2v) is 7.84. The molecule has 0 aromatic carbocycles. The number of aryl methyl sites for hydroxylation is 3.